The summed E-state index contributed by atoms with van der Waals surface area (Å²) in [4.78, 5) is 22.9. The highest BCUT2D eigenvalue weighted by Crippen LogP contribution is 2.12. The number of rotatable bonds is 17. The molecule has 0 aromatic carbocycles. The third-order valence-corrected chi connectivity index (χ3v) is 4.20. The first-order valence-corrected chi connectivity index (χ1v) is 9.88. The van der Waals surface area contributed by atoms with E-state index in [1.807, 2.05) is 6.92 Å². The minimum atomic E-state index is -0.0858. The molecule has 0 aliphatic heterocycles. The molecule has 0 bridgehead atoms. The van der Waals surface area contributed by atoms with Crippen LogP contribution in [0.15, 0.2) is 0 Å². The predicted octanol–water partition coefficient (Wildman–Crippen LogP) is 5.99. The van der Waals surface area contributed by atoms with Gasteiger partial charge >= 0.3 is 5.97 Å². The zero-order chi connectivity index (χ0) is 17.2. The summed E-state index contributed by atoms with van der Waals surface area (Å²) < 4.78 is 4.89. The van der Waals surface area contributed by atoms with Crippen LogP contribution in [0.1, 0.15) is 110 Å². The molecule has 0 spiro atoms. The van der Waals surface area contributed by atoms with E-state index >= 15 is 0 Å². The molecular formula is C20H38O3. The Bertz CT molecular complexity index is 287. The molecule has 0 atom stereocenters. The third-order valence-electron chi connectivity index (χ3n) is 4.20. The Labute approximate surface area is 143 Å². The lowest BCUT2D eigenvalue weighted by Crippen LogP contribution is -2.03. The van der Waals surface area contributed by atoms with Gasteiger partial charge in [-0.3, -0.25) is 9.59 Å². The lowest BCUT2D eigenvalue weighted by Gasteiger charge is -2.03. The molecule has 23 heavy (non-hydrogen) atoms. The summed E-state index contributed by atoms with van der Waals surface area (Å²) in [6.45, 7) is 4.54. The fourth-order valence-electron chi connectivity index (χ4n) is 2.76. The largest absolute Gasteiger partial charge is 0.466 e. The number of ether oxygens (including phenoxy) is 1. The number of esters is 1. The van der Waals surface area contributed by atoms with E-state index in [1.165, 1.54) is 38.5 Å². The van der Waals surface area contributed by atoms with Gasteiger partial charge in [-0.05, 0) is 26.2 Å². The molecule has 0 amide bonds. The number of carbonyl (C=O) groups excluding carboxylic acids is 2. The van der Waals surface area contributed by atoms with E-state index in [-0.39, 0.29) is 5.97 Å². The molecule has 0 radical (unpaired) electrons. The minimum Gasteiger partial charge on any atom is -0.466 e. The normalized spacial score (nSPS) is 10.7. The van der Waals surface area contributed by atoms with Crippen molar-refractivity contribution >= 4 is 11.8 Å². The maximum atomic E-state index is 11.8. The van der Waals surface area contributed by atoms with Crippen LogP contribution in [-0.2, 0) is 14.3 Å². The van der Waals surface area contributed by atoms with Crippen LogP contribution in [0.5, 0.6) is 0 Å². The Morgan fingerprint density at radius 2 is 1.04 bits per heavy atom. The van der Waals surface area contributed by atoms with Crippen LogP contribution < -0.4 is 0 Å². The Balaban J connectivity index is 3.23. The zero-order valence-electron chi connectivity index (χ0n) is 15.5. The molecule has 136 valence electrons. The van der Waals surface area contributed by atoms with Gasteiger partial charge in [-0.25, -0.2) is 0 Å². The second-order valence-corrected chi connectivity index (χ2v) is 6.48. The Morgan fingerprint density at radius 3 is 1.52 bits per heavy atom. The van der Waals surface area contributed by atoms with Gasteiger partial charge in [-0.2, -0.15) is 0 Å². The van der Waals surface area contributed by atoms with E-state index in [1.54, 1.807) is 0 Å². The fourth-order valence-corrected chi connectivity index (χ4v) is 2.76. The van der Waals surface area contributed by atoms with Crippen molar-refractivity contribution in [2.24, 2.45) is 0 Å². The van der Waals surface area contributed by atoms with Gasteiger partial charge in [0.05, 0.1) is 6.61 Å². The van der Waals surface area contributed by atoms with Crippen molar-refractivity contribution in [3.8, 4) is 0 Å². The van der Waals surface area contributed by atoms with E-state index in [0.717, 1.165) is 51.4 Å². The summed E-state index contributed by atoms with van der Waals surface area (Å²) in [5.74, 6) is 0.349. The van der Waals surface area contributed by atoms with Gasteiger partial charge in [-0.1, -0.05) is 64.7 Å². The van der Waals surface area contributed by atoms with E-state index in [2.05, 4.69) is 6.92 Å². The zero-order valence-corrected chi connectivity index (χ0v) is 15.5. The number of ketones is 1. The van der Waals surface area contributed by atoms with Gasteiger partial charge in [0.2, 0.25) is 0 Å². The quantitative estimate of drug-likeness (QED) is 0.243. The topological polar surface area (TPSA) is 43.4 Å². The molecular weight excluding hydrogens is 288 g/mol. The third kappa shape index (κ3) is 17.3. The molecule has 0 unspecified atom stereocenters. The van der Waals surface area contributed by atoms with Crippen LogP contribution in [0.3, 0.4) is 0 Å². The molecule has 0 aromatic rings. The van der Waals surface area contributed by atoms with Gasteiger partial charge in [0.25, 0.3) is 0 Å². The van der Waals surface area contributed by atoms with Crippen LogP contribution in [0.25, 0.3) is 0 Å². The summed E-state index contributed by atoms with van der Waals surface area (Å²) in [6, 6.07) is 0. The van der Waals surface area contributed by atoms with Gasteiger partial charge in [-0.15, -0.1) is 0 Å². The van der Waals surface area contributed by atoms with E-state index in [4.69, 9.17) is 4.74 Å². The fraction of sp³-hybridized carbons (Fsp3) is 0.900. The first-order chi connectivity index (χ1) is 11.2. The van der Waals surface area contributed by atoms with Gasteiger partial charge < -0.3 is 4.74 Å². The number of hydrogen-bond donors (Lipinski definition) is 0. The second-order valence-electron chi connectivity index (χ2n) is 6.48. The average molecular weight is 327 g/mol. The predicted molar refractivity (Wildman–Crippen MR) is 96.6 cm³/mol. The molecule has 0 fully saturated rings. The SMILES string of the molecule is CCCCCCCCCC(=O)CCCCCCCC(=O)OCC. The van der Waals surface area contributed by atoms with Crippen molar-refractivity contribution in [3.63, 3.8) is 0 Å². The van der Waals surface area contributed by atoms with Crippen molar-refractivity contribution in [3.05, 3.63) is 0 Å². The Hall–Kier alpha value is -0.860. The highest BCUT2D eigenvalue weighted by atomic mass is 16.5. The molecule has 0 heterocycles. The molecule has 0 aromatic heterocycles. The van der Waals surface area contributed by atoms with E-state index in [9.17, 15) is 9.59 Å². The molecule has 0 aliphatic carbocycles. The average Bonchev–Trinajstić information content (AvgIpc) is 2.53. The van der Waals surface area contributed by atoms with Crippen molar-refractivity contribution in [2.75, 3.05) is 6.61 Å². The van der Waals surface area contributed by atoms with Crippen molar-refractivity contribution < 1.29 is 14.3 Å². The maximum absolute atomic E-state index is 11.8. The summed E-state index contributed by atoms with van der Waals surface area (Å²) in [5, 5.41) is 0. The van der Waals surface area contributed by atoms with Crippen molar-refractivity contribution in [1.82, 2.24) is 0 Å². The summed E-state index contributed by atoms with van der Waals surface area (Å²) in [7, 11) is 0. The van der Waals surface area contributed by atoms with E-state index in [0.29, 0.717) is 18.8 Å². The first kappa shape index (κ1) is 22.1. The summed E-state index contributed by atoms with van der Waals surface area (Å²) in [6.07, 6.45) is 16.1. The van der Waals surface area contributed by atoms with Crippen LogP contribution >= 0.6 is 0 Å². The molecule has 0 N–H and O–H groups in total. The maximum Gasteiger partial charge on any atom is 0.305 e. The smallest absolute Gasteiger partial charge is 0.305 e. The molecule has 3 nitrogen and oxygen atoms in total. The van der Waals surface area contributed by atoms with Crippen LogP contribution in [-0.4, -0.2) is 18.4 Å². The molecule has 3 heteroatoms. The second kappa shape index (κ2) is 17.5. The van der Waals surface area contributed by atoms with Crippen LogP contribution in [0, 0.1) is 0 Å². The molecule has 0 saturated heterocycles. The highest BCUT2D eigenvalue weighted by Gasteiger charge is 2.03. The highest BCUT2D eigenvalue weighted by molar-refractivity contribution is 5.78. The minimum absolute atomic E-state index is 0.0858. The first-order valence-electron chi connectivity index (χ1n) is 9.88. The summed E-state index contributed by atoms with van der Waals surface area (Å²) >= 11 is 0. The Kier molecular flexibility index (Phi) is 16.8. The van der Waals surface area contributed by atoms with Gasteiger partial charge in [0, 0.05) is 19.3 Å². The van der Waals surface area contributed by atoms with Crippen molar-refractivity contribution in [2.45, 2.75) is 110 Å². The van der Waals surface area contributed by atoms with E-state index < -0.39 is 0 Å². The van der Waals surface area contributed by atoms with Gasteiger partial charge in [0.15, 0.2) is 0 Å². The number of hydrogen-bond acceptors (Lipinski definition) is 3. The lowest BCUT2D eigenvalue weighted by atomic mass is 10.0. The molecule has 0 rings (SSSR count). The Morgan fingerprint density at radius 1 is 0.609 bits per heavy atom. The standard InChI is InChI=1S/C20H38O3/c1-3-5-6-7-8-10-13-16-19(21)17-14-11-9-12-15-18-20(22)23-4-2/h3-18H2,1-2H3. The van der Waals surface area contributed by atoms with Crippen LogP contribution in [0.2, 0.25) is 0 Å². The molecule has 0 aliphatic rings. The summed E-state index contributed by atoms with van der Waals surface area (Å²) in [5.41, 5.74) is 0. The van der Waals surface area contributed by atoms with Crippen LogP contribution in [0.4, 0.5) is 0 Å². The monoisotopic (exact) mass is 326 g/mol. The van der Waals surface area contributed by atoms with Crippen molar-refractivity contribution in [1.29, 1.82) is 0 Å². The number of Topliss-reactive ketones (excluding diaryl/α,β-unsaturated/α-hetero) is 1. The number of unbranched alkanes of at least 4 members (excludes halogenated alkanes) is 10. The van der Waals surface area contributed by atoms with Gasteiger partial charge in [0.1, 0.15) is 5.78 Å². The molecule has 0 saturated carbocycles. The lowest BCUT2D eigenvalue weighted by molar-refractivity contribution is -0.143. The number of carbonyl (C=O) groups is 2.